The number of ether oxygens (including phenoxy) is 1. The summed E-state index contributed by atoms with van der Waals surface area (Å²) in [5, 5.41) is 17.7. The van der Waals surface area contributed by atoms with Gasteiger partial charge in [0.25, 0.3) is 0 Å². The monoisotopic (exact) mass is 235 g/mol. The highest BCUT2D eigenvalue weighted by atomic mass is 16.6. The number of allylic oxidation sites excluding steroid dienone is 1. The molecule has 17 heavy (non-hydrogen) atoms. The SMILES string of the molecule is C#CC1(OC(=O)/C([N+]#N)=C(/C)O)CCCCC1. The van der Waals surface area contributed by atoms with E-state index in [1.165, 1.54) is 6.92 Å². The van der Waals surface area contributed by atoms with Crippen LogP contribution < -0.4 is 0 Å². The quantitative estimate of drug-likeness (QED) is 0.262. The van der Waals surface area contributed by atoms with E-state index in [-0.39, 0.29) is 0 Å². The van der Waals surface area contributed by atoms with Gasteiger partial charge in [-0.05, 0) is 25.7 Å². The van der Waals surface area contributed by atoms with Crippen molar-refractivity contribution in [3.05, 3.63) is 16.4 Å². The largest absolute Gasteiger partial charge is 0.505 e. The molecule has 1 aliphatic carbocycles. The molecule has 1 rings (SSSR count). The fourth-order valence-electron chi connectivity index (χ4n) is 1.89. The molecule has 1 saturated carbocycles. The van der Waals surface area contributed by atoms with E-state index < -0.39 is 23.0 Å². The average Bonchev–Trinajstić information content (AvgIpc) is 2.30. The first-order valence-electron chi connectivity index (χ1n) is 5.51. The molecule has 0 spiro atoms. The van der Waals surface area contributed by atoms with Crippen molar-refractivity contribution in [3.63, 3.8) is 0 Å². The predicted octanol–water partition coefficient (Wildman–Crippen LogP) is 2.51. The minimum absolute atomic E-state index is 0.402. The van der Waals surface area contributed by atoms with E-state index >= 15 is 0 Å². The van der Waals surface area contributed by atoms with Gasteiger partial charge in [-0.3, -0.25) is 0 Å². The molecule has 0 radical (unpaired) electrons. The maximum atomic E-state index is 11.7. The first kappa shape index (κ1) is 13.1. The molecule has 0 unspecified atom stereocenters. The second-order valence-electron chi connectivity index (χ2n) is 4.12. The number of carbonyl (C=O) groups is 1. The maximum Gasteiger partial charge on any atom is 0.504 e. The van der Waals surface area contributed by atoms with Crippen molar-refractivity contribution in [2.45, 2.75) is 44.6 Å². The van der Waals surface area contributed by atoms with Crippen LogP contribution in [0.2, 0.25) is 0 Å². The van der Waals surface area contributed by atoms with Crippen LogP contribution in [0.25, 0.3) is 4.98 Å². The fourth-order valence-corrected chi connectivity index (χ4v) is 1.89. The zero-order chi connectivity index (χ0) is 12.9. The van der Waals surface area contributed by atoms with Crippen LogP contribution >= 0.6 is 0 Å². The van der Waals surface area contributed by atoms with E-state index in [0.717, 1.165) is 19.3 Å². The highest BCUT2D eigenvalue weighted by Gasteiger charge is 2.39. The van der Waals surface area contributed by atoms with E-state index in [0.29, 0.717) is 12.8 Å². The summed E-state index contributed by atoms with van der Waals surface area (Å²) in [4.78, 5) is 14.4. The summed E-state index contributed by atoms with van der Waals surface area (Å²) < 4.78 is 5.20. The number of hydrogen-bond donors (Lipinski definition) is 1. The van der Waals surface area contributed by atoms with Gasteiger partial charge in [-0.1, -0.05) is 12.3 Å². The van der Waals surface area contributed by atoms with Crippen LogP contribution in [0.4, 0.5) is 0 Å². The van der Waals surface area contributed by atoms with Crippen molar-refractivity contribution >= 4 is 5.97 Å². The third-order valence-electron chi connectivity index (χ3n) is 2.85. The van der Waals surface area contributed by atoms with Gasteiger partial charge in [0, 0.05) is 6.92 Å². The average molecular weight is 235 g/mol. The highest BCUT2D eigenvalue weighted by Crippen LogP contribution is 2.32. The lowest BCUT2D eigenvalue weighted by atomic mass is 9.85. The predicted molar refractivity (Wildman–Crippen MR) is 61.2 cm³/mol. The van der Waals surface area contributed by atoms with Gasteiger partial charge in [0.2, 0.25) is 5.39 Å². The molecule has 0 saturated heterocycles. The second-order valence-corrected chi connectivity index (χ2v) is 4.12. The van der Waals surface area contributed by atoms with Crippen LogP contribution in [0.1, 0.15) is 39.0 Å². The van der Waals surface area contributed by atoms with Gasteiger partial charge in [-0.15, -0.1) is 6.42 Å². The molecule has 5 nitrogen and oxygen atoms in total. The minimum atomic E-state index is -0.930. The van der Waals surface area contributed by atoms with E-state index in [1.54, 1.807) is 0 Å². The molecule has 5 heteroatoms. The highest BCUT2D eigenvalue weighted by molar-refractivity contribution is 5.91. The van der Waals surface area contributed by atoms with Gasteiger partial charge >= 0.3 is 11.7 Å². The number of esters is 1. The molecule has 0 aromatic heterocycles. The van der Waals surface area contributed by atoms with Gasteiger partial charge in [0.15, 0.2) is 16.3 Å². The Morgan fingerprint density at radius 2 is 2.06 bits per heavy atom. The Morgan fingerprint density at radius 1 is 1.47 bits per heavy atom. The Bertz CT molecular complexity index is 416. The van der Waals surface area contributed by atoms with Crippen molar-refractivity contribution in [1.82, 2.24) is 0 Å². The Labute approximate surface area is 100 Å². The van der Waals surface area contributed by atoms with Gasteiger partial charge in [-0.25, -0.2) is 4.79 Å². The Hall–Kier alpha value is -2.01. The molecule has 1 fully saturated rings. The molecule has 0 aromatic rings. The van der Waals surface area contributed by atoms with Gasteiger partial charge in [0.05, 0.1) is 0 Å². The minimum Gasteiger partial charge on any atom is -0.505 e. The summed E-state index contributed by atoms with van der Waals surface area (Å²) >= 11 is 0. The van der Waals surface area contributed by atoms with E-state index in [4.69, 9.17) is 21.7 Å². The van der Waals surface area contributed by atoms with Crippen LogP contribution in [0.15, 0.2) is 11.5 Å². The fraction of sp³-hybridized carbons (Fsp3) is 0.583. The lowest BCUT2D eigenvalue weighted by molar-refractivity contribution is -0.151. The molecule has 0 bridgehead atoms. The summed E-state index contributed by atoms with van der Waals surface area (Å²) in [6.45, 7) is 1.24. The normalized spacial score (nSPS) is 19.5. The molecule has 0 amide bonds. The number of carbonyl (C=O) groups excluding carboxylic acids is 1. The van der Waals surface area contributed by atoms with Gasteiger partial charge in [-0.2, -0.15) is 0 Å². The first-order chi connectivity index (χ1) is 8.04. The molecular formula is C12H15N2O3+. The number of rotatable bonds is 2. The van der Waals surface area contributed by atoms with E-state index in [1.807, 2.05) is 0 Å². The number of hydrogen-bond acceptors (Lipinski definition) is 4. The third-order valence-corrected chi connectivity index (χ3v) is 2.85. The molecule has 0 heterocycles. The Kier molecular flexibility index (Phi) is 4.12. The van der Waals surface area contributed by atoms with Crippen molar-refractivity contribution in [2.75, 3.05) is 0 Å². The van der Waals surface area contributed by atoms with E-state index in [2.05, 4.69) is 10.9 Å². The van der Waals surface area contributed by atoms with Gasteiger partial charge < -0.3 is 9.84 Å². The number of nitrogens with zero attached hydrogens (tertiary/aromatic N) is 2. The molecule has 90 valence electrons. The Balaban J connectivity index is 2.84. The lowest BCUT2D eigenvalue weighted by Gasteiger charge is -2.30. The summed E-state index contributed by atoms with van der Waals surface area (Å²) in [6, 6.07) is 0. The third kappa shape index (κ3) is 2.98. The standard InChI is InChI=1S/C12H14N2O3/c1-3-12(7-5-4-6-8-12)17-11(16)10(14-13)9(2)15/h1H,4-8H2,2H3/p+1. The summed E-state index contributed by atoms with van der Waals surface area (Å²) in [6.07, 6.45) is 9.45. The van der Waals surface area contributed by atoms with Crippen molar-refractivity contribution in [3.8, 4) is 12.3 Å². The lowest BCUT2D eigenvalue weighted by Crippen LogP contribution is -2.36. The van der Waals surface area contributed by atoms with Gasteiger partial charge in [0.1, 0.15) is 0 Å². The topological polar surface area (TPSA) is 74.7 Å². The summed E-state index contributed by atoms with van der Waals surface area (Å²) in [7, 11) is 0. The van der Waals surface area contributed by atoms with Crippen molar-refractivity contribution < 1.29 is 14.6 Å². The summed E-state index contributed by atoms with van der Waals surface area (Å²) in [5.74, 6) is 1.20. The van der Waals surface area contributed by atoms with Crippen LogP contribution in [-0.2, 0) is 9.53 Å². The van der Waals surface area contributed by atoms with Crippen LogP contribution in [0.5, 0.6) is 0 Å². The van der Waals surface area contributed by atoms with Crippen molar-refractivity contribution in [1.29, 1.82) is 5.39 Å². The summed E-state index contributed by atoms with van der Waals surface area (Å²) in [5.41, 5.74) is -1.44. The molecule has 1 N–H and O–H groups in total. The number of aliphatic hydroxyl groups is 1. The van der Waals surface area contributed by atoms with Crippen LogP contribution in [0, 0.1) is 17.7 Å². The van der Waals surface area contributed by atoms with Crippen LogP contribution in [-0.4, -0.2) is 16.7 Å². The first-order valence-corrected chi connectivity index (χ1v) is 5.51. The molecule has 1 aliphatic rings. The molecule has 0 aliphatic heterocycles. The molecule has 0 atom stereocenters. The molecular weight excluding hydrogens is 220 g/mol. The second kappa shape index (κ2) is 5.36. The maximum absolute atomic E-state index is 11.7. The number of aliphatic hydroxyl groups excluding tert-OH is 1. The van der Waals surface area contributed by atoms with E-state index in [9.17, 15) is 4.79 Å². The zero-order valence-corrected chi connectivity index (χ0v) is 9.77. The molecule has 0 aromatic carbocycles. The Morgan fingerprint density at radius 3 is 2.47 bits per heavy atom. The zero-order valence-electron chi connectivity index (χ0n) is 9.77. The smallest absolute Gasteiger partial charge is 0.504 e. The van der Waals surface area contributed by atoms with Crippen LogP contribution in [0.3, 0.4) is 0 Å². The number of terminal acetylenes is 1. The number of diazo groups is 1. The van der Waals surface area contributed by atoms with Crippen molar-refractivity contribution in [2.24, 2.45) is 0 Å².